The lowest BCUT2D eigenvalue weighted by atomic mass is 10.1. The molecule has 0 bridgehead atoms. The number of nitro groups is 1. The van der Waals surface area contributed by atoms with Crippen molar-refractivity contribution < 1.29 is 13.7 Å². The van der Waals surface area contributed by atoms with Crippen molar-refractivity contribution in [3.8, 4) is 11.3 Å². The number of aryl methyl sites for hydroxylation is 1. The van der Waals surface area contributed by atoms with E-state index in [1.807, 2.05) is 0 Å². The van der Waals surface area contributed by atoms with E-state index in [4.69, 9.17) is 16.0 Å². The number of alkyl halides is 1. The fraction of sp³-hybridized carbons (Fsp3) is 0.250. The number of hydrogen-bond donors (Lipinski definition) is 0. The zero-order valence-corrected chi connectivity index (χ0v) is 10.6. The van der Waals surface area contributed by atoms with Crippen molar-refractivity contribution >= 4 is 17.3 Å². The predicted octanol–water partition coefficient (Wildman–Crippen LogP) is 3.56. The van der Waals surface area contributed by atoms with E-state index in [0.29, 0.717) is 30.4 Å². The molecule has 0 spiro atoms. The number of nitrogens with zero attached hydrogens (tertiary/aromatic N) is 2. The van der Waals surface area contributed by atoms with Gasteiger partial charge in [-0.25, -0.2) is 9.37 Å². The lowest BCUT2D eigenvalue weighted by Crippen LogP contribution is -1.90. The largest absolute Gasteiger partial charge is 0.441 e. The molecule has 1 aromatic carbocycles. The van der Waals surface area contributed by atoms with Crippen molar-refractivity contribution in [2.24, 2.45) is 0 Å². The van der Waals surface area contributed by atoms with Crippen LogP contribution in [0.15, 0.2) is 28.8 Å². The molecule has 0 amide bonds. The highest BCUT2D eigenvalue weighted by molar-refractivity contribution is 6.17. The van der Waals surface area contributed by atoms with Crippen LogP contribution in [0.2, 0.25) is 0 Å². The zero-order chi connectivity index (χ0) is 13.8. The molecule has 0 fully saturated rings. The molecule has 0 unspecified atom stereocenters. The topological polar surface area (TPSA) is 69.2 Å². The van der Waals surface area contributed by atoms with Gasteiger partial charge < -0.3 is 4.42 Å². The number of hydrogen-bond acceptors (Lipinski definition) is 4. The average Bonchev–Trinajstić information content (AvgIpc) is 2.84. The van der Waals surface area contributed by atoms with E-state index in [2.05, 4.69) is 4.98 Å². The normalized spacial score (nSPS) is 10.6. The van der Waals surface area contributed by atoms with Crippen LogP contribution in [0.5, 0.6) is 0 Å². The fourth-order valence-corrected chi connectivity index (χ4v) is 1.73. The Morgan fingerprint density at radius 1 is 1.42 bits per heavy atom. The average molecular weight is 285 g/mol. The van der Waals surface area contributed by atoms with Crippen molar-refractivity contribution in [2.45, 2.75) is 12.8 Å². The van der Waals surface area contributed by atoms with Crippen LogP contribution in [-0.4, -0.2) is 15.8 Å². The minimum Gasteiger partial charge on any atom is -0.441 e. The Bertz CT molecular complexity index is 600. The maximum absolute atomic E-state index is 13.3. The van der Waals surface area contributed by atoms with E-state index >= 15 is 0 Å². The summed E-state index contributed by atoms with van der Waals surface area (Å²) in [6, 6.07) is 3.27. The van der Waals surface area contributed by atoms with E-state index in [0.717, 1.165) is 6.07 Å². The molecule has 19 heavy (non-hydrogen) atoms. The van der Waals surface area contributed by atoms with Crippen molar-refractivity contribution in [1.82, 2.24) is 4.98 Å². The smallest absolute Gasteiger partial charge is 0.273 e. The lowest BCUT2D eigenvalue weighted by Gasteiger charge is -1.98. The van der Waals surface area contributed by atoms with Gasteiger partial charge in [0.1, 0.15) is 5.82 Å². The van der Waals surface area contributed by atoms with Crippen LogP contribution in [0, 0.1) is 15.9 Å². The van der Waals surface area contributed by atoms with Gasteiger partial charge in [-0.2, -0.15) is 0 Å². The van der Waals surface area contributed by atoms with Crippen LogP contribution in [0.25, 0.3) is 11.3 Å². The quantitative estimate of drug-likeness (QED) is 0.478. The number of benzene rings is 1. The molecule has 0 aliphatic carbocycles. The number of rotatable bonds is 5. The molecule has 0 N–H and O–H groups in total. The highest BCUT2D eigenvalue weighted by Crippen LogP contribution is 2.26. The third-order valence-corrected chi connectivity index (χ3v) is 2.72. The third-order valence-electron chi connectivity index (χ3n) is 2.46. The van der Waals surface area contributed by atoms with E-state index in [1.54, 1.807) is 0 Å². The molecule has 0 aliphatic heterocycles. The molecule has 0 saturated heterocycles. The Balaban J connectivity index is 2.30. The van der Waals surface area contributed by atoms with Crippen LogP contribution in [0.4, 0.5) is 10.1 Å². The Hall–Kier alpha value is -1.95. The van der Waals surface area contributed by atoms with Gasteiger partial charge in [0, 0.05) is 23.9 Å². The molecule has 0 saturated carbocycles. The summed E-state index contributed by atoms with van der Waals surface area (Å²) >= 11 is 5.56. The van der Waals surface area contributed by atoms with Gasteiger partial charge in [0.2, 0.25) is 0 Å². The lowest BCUT2D eigenvalue weighted by molar-refractivity contribution is -0.385. The molecule has 2 aromatic rings. The molecule has 0 aliphatic rings. The van der Waals surface area contributed by atoms with E-state index in [-0.39, 0.29) is 11.3 Å². The fourth-order valence-electron chi connectivity index (χ4n) is 1.60. The summed E-state index contributed by atoms with van der Waals surface area (Å²) < 4.78 is 18.7. The maximum Gasteiger partial charge on any atom is 0.273 e. The molecule has 7 heteroatoms. The highest BCUT2D eigenvalue weighted by atomic mass is 35.5. The second-order valence-electron chi connectivity index (χ2n) is 3.87. The van der Waals surface area contributed by atoms with Crippen LogP contribution >= 0.6 is 11.6 Å². The van der Waals surface area contributed by atoms with E-state index in [1.165, 1.54) is 18.3 Å². The van der Waals surface area contributed by atoms with Crippen molar-refractivity contribution in [1.29, 1.82) is 0 Å². The Labute approximate surface area is 113 Å². The first-order valence-corrected chi connectivity index (χ1v) is 6.09. The Morgan fingerprint density at radius 3 is 2.89 bits per heavy atom. The number of oxazole rings is 1. The molecule has 0 radical (unpaired) electrons. The monoisotopic (exact) mass is 284 g/mol. The summed E-state index contributed by atoms with van der Waals surface area (Å²) in [7, 11) is 0. The summed E-state index contributed by atoms with van der Waals surface area (Å²) in [5, 5.41) is 10.7. The first-order chi connectivity index (χ1) is 9.10. The first-order valence-electron chi connectivity index (χ1n) is 5.56. The van der Waals surface area contributed by atoms with Gasteiger partial charge in [-0.05, 0) is 12.5 Å². The number of non-ortho nitro benzene ring substituents is 1. The molecule has 100 valence electrons. The molecule has 0 atom stereocenters. The van der Waals surface area contributed by atoms with Gasteiger partial charge in [-0.15, -0.1) is 11.6 Å². The number of nitro benzene ring substituents is 1. The summed E-state index contributed by atoms with van der Waals surface area (Å²) in [5.41, 5.74) is -0.0370. The molecular formula is C12H10ClFN2O3. The van der Waals surface area contributed by atoms with Gasteiger partial charge in [-0.1, -0.05) is 0 Å². The Morgan fingerprint density at radius 2 is 2.21 bits per heavy atom. The maximum atomic E-state index is 13.3. The second-order valence-corrected chi connectivity index (χ2v) is 4.24. The molecular weight excluding hydrogens is 275 g/mol. The van der Waals surface area contributed by atoms with Gasteiger partial charge in [-0.3, -0.25) is 10.1 Å². The van der Waals surface area contributed by atoms with Crippen molar-refractivity contribution in [2.75, 3.05) is 5.88 Å². The zero-order valence-electron chi connectivity index (χ0n) is 9.81. The van der Waals surface area contributed by atoms with Crippen molar-refractivity contribution in [3.63, 3.8) is 0 Å². The van der Waals surface area contributed by atoms with Crippen LogP contribution in [0.3, 0.4) is 0 Å². The molecule has 1 aromatic heterocycles. The summed E-state index contributed by atoms with van der Waals surface area (Å²) in [6.07, 6.45) is 2.70. The molecule has 2 rings (SSSR count). The Kier molecular flexibility index (Phi) is 4.11. The van der Waals surface area contributed by atoms with Crippen LogP contribution in [-0.2, 0) is 6.42 Å². The second kappa shape index (κ2) is 5.79. The van der Waals surface area contributed by atoms with Gasteiger partial charge in [0.15, 0.2) is 11.7 Å². The van der Waals surface area contributed by atoms with Gasteiger partial charge in [0.05, 0.1) is 17.2 Å². The van der Waals surface area contributed by atoms with Gasteiger partial charge in [0.25, 0.3) is 5.69 Å². The van der Waals surface area contributed by atoms with Crippen LogP contribution in [0.1, 0.15) is 12.3 Å². The predicted molar refractivity (Wildman–Crippen MR) is 67.6 cm³/mol. The number of aromatic nitrogens is 1. The first kappa shape index (κ1) is 13.5. The minimum atomic E-state index is -0.692. The highest BCUT2D eigenvalue weighted by Gasteiger charge is 2.14. The summed E-state index contributed by atoms with van der Waals surface area (Å²) in [4.78, 5) is 14.0. The van der Waals surface area contributed by atoms with Gasteiger partial charge >= 0.3 is 0 Å². The van der Waals surface area contributed by atoms with E-state index in [9.17, 15) is 14.5 Å². The standard InChI is InChI=1S/C12H10ClFN2O3/c13-3-1-2-12-15-7-11(19-12)8-4-9(14)6-10(5-8)16(17)18/h4-7H,1-3H2. The van der Waals surface area contributed by atoms with Crippen LogP contribution < -0.4 is 0 Å². The van der Waals surface area contributed by atoms with Crippen molar-refractivity contribution in [3.05, 3.63) is 46.2 Å². The van der Waals surface area contributed by atoms with E-state index < -0.39 is 10.7 Å². The molecule has 5 nitrogen and oxygen atoms in total. The summed E-state index contributed by atoms with van der Waals surface area (Å²) in [6.45, 7) is 0. The SMILES string of the molecule is O=[N+]([O-])c1cc(F)cc(-c2cnc(CCCCl)o2)c1. The third kappa shape index (κ3) is 3.29. The summed E-state index contributed by atoms with van der Waals surface area (Å²) in [5.74, 6) is 0.570. The number of halogens is 2. The molecule has 1 heterocycles. The minimum absolute atomic E-state index is 0.288.